The van der Waals surface area contributed by atoms with Crippen molar-refractivity contribution in [3.05, 3.63) is 60.2 Å². The molecule has 1 N–H and O–H groups in total. The fourth-order valence-electron chi connectivity index (χ4n) is 4.10. The van der Waals surface area contributed by atoms with Gasteiger partial charge in [0.25, 0.3) is 0 Å². The van der Waals surface area contributed by atoms with Crippen LogP contribution >= 0.6 is 0 Å². The molecule has 1 unspecified atom stereocenters. The molecular weight excluding hydrogens is 322 g/mol. The number of nitrogens with one attached hydrogen (secondary N) is 1. The molecule has 0 aliphatic carbocycles. The Hall–Kier alpha value is -2.33. The topological polar surface area (TPSA) is 35.6 Å². The highest BCUT2D eigenvalue weighted by molar-refractivity contribution is 5.97. The van der Waals surface area contributed by atoms with Gasteiger partial charge in [0.15, 0.2) is 0 Å². The van der Waals surface area contributed by atoms with Gasteiger partial charge in [0, 0.05) is 32.1 Å². The van der Waals surface area contributed by atoms with E-state index in [4.69, 9.17) is 0 Å². The maximum Gasteiger partial charge on any atom is 0.228 e. The zero-order valence-electron chi connectivity index (χ0n) is 15.2. The van der Waals surface area contributed by atoms with Gasteiger partial charge < -0.3 is 15.1 Å². The van der Waals surface area contributed by atoms with Crippen LogP contribution in [0.4, 0.5) is 11.4 Å². The van der Waals surface area contributed by atoms with E-state index in [1.807, 2.05) is 11.0 Å². The van der Waals surface area contributed by atoms with E-state index in [2.05, 4.69) is 58.7 Å². The van der Waals surface area contributed by atoms with Crippen molar-refractivity contribution in [3.63, 3.8) is 0 Å². The van der Waals surface area contributed by atoms with Gasteiger partial charge in [0.05, 0.1) is 11.4 Å². The van der Waals surface area contributed by atoms with Crippen molar-refractivity contribution in [3.8, 4) is 0 Å². The molecule has 4 nitrogen and oxygen atoms in total. The van der Waals surface area contributed by atoms with Gasteiger partial charge >= 0.3 is 0 Å². The number of fused-ring (bicyclic) bond motifs is 1. The van der Waals surface area contributed by atoms with E-state index in [0.29, 0.717) is 12.5 Å². The molecule has 1 fully saturated rings. The van der Waals surface area contributed by atoms with Crippen LogP contribution in [0.5, 0.6) is 0 Å². The van der Waals surface area contributed by atoms with Gasteiger partial charge in [-0.2, -0.15) is 0 Å². The minimum atomic E-state index is 0.249. The Morgan fingerprint density at radius 1 is 0.962 bits per heavy atom. The summed E-state index contributed by atoms with van der Waals surface area (Å²) < 4.78 is 0. The molecule has 4 rings (SSSR count). The Labute approximate surface area is 155 Å². The van der Waals surface area contributed by atoms with Crippen molar-refractivity contribution in [2.75, 3.05) is 29.4 Å². The highest BCUT2D eigenvalue weighted by Gasteiger charge is 2.27. The van der Waals surface area contributed by atoms with Crippen LogP contribution < -0.4 is 15.1 Å². The van der Waals surface area contributed by atoms with Crippen LogP contribution in [0.15, 0.2) is 54.6 Å². The lowest BCUT2D eigenvalue weighted by molar-refractivity contribution is -0.119. The van der Waals surface area contributed by atoms with Crippen LogP contribution in [-0.2, 0) is 11.3 Å². The first-order valence-corrected chi connectivity index (χ1v) is 9.73. The smallest absolute Gasteiger partial charge is 0.228 e. The van der Waals surface area contributed by atoms with Gasteiger partial charge in [-0.05, 0) is 43.5 Å². The summed E-state index contributed by atoms with van der Waals surface area (Å²) in [6, 6.07) is 19.3. The fourth-order valence-corrected chi connectivity index (χ4v) is 4.10. The number of rotatable bonds is 4. The fraction of sp³-hybridized carbons (Fsp3) is 0.409. The molecule has 2 aliphatic heterocycles. The monoisotopic (exact) mass is 349 g/mol. The van der Waals surface area contributed by atoms with E-state index >= 15 is 0 Å². The Kier molecular flexibility index (Phi) is 5.21. The second-order valence-corrected chi connectivity index (χ2v) is 7.29. The van der Waals surface area contributed by atoms with Crippen LogP contribution in [0.2, 0.25) is 0 Å². The van der Waals surface area contributed by atoms with Crippen molar-refractivity contribution in [2.45, 2.75) is 38.3 Å². The molecule has 0 aromatic heterocycles. The van der Waals surface area contributed by atoms with E-state index in [1.165, 1.54) is 17.7 Å². The number of carbonyl (C=O) groups excluding carboxylic acids is 1. The molecule has 1 atom stereocenters. The van der Waals surface area contributed by atoms with Crippen LogP contribution in [-0.4, -0.2) is 31.6 Å². The van der Waals surface area contributed by atoms with Gasteiger partial charge in [0.1, 0.15) is 0 Å². The number of nitrogens with zero attached hydrogens (tertiary/aromatic N) is 2. The Morgan fingerprint density at radius 3 is 2.50 bits per heavy atom. The number of hydrogen-bond donors (Lipinski definition) is 1. The van der Waals surface area contributed by atoms with E-state index in [9.17, 15) is 4.79 Å². The summed E-state index contributed by atoms with van der Waals surface area (Å²) in [5.41, 5.74) is 3.53. The lowest BCUT2D eigenvalue weighted by Crippen LogP contribution is -2.36. The zero-order chi connectivity index (χ0) is 17.8. The molecule has 2 aromatic carbocycles. The highest BCUT2D eigenvalue weighted by atomic mass is 16.2. The molecule has 0 bridgehead atoms. The number of anilines is 2. The van der Waals surface area contributed by atoms with Crippen molar-refractivity contribution in [2.24, 2.45) is 0 Å². The Morgan fingerprint density at radius 2 is 1.73 bits per heavy atom. The van der Waals surface area contributed by atoms with Crippen molar-refractivity contribution in [1.29, 1.82) is 0 Å². The molecule has 2 heterocycles. The standard InChI is InChI=1S/C22H27N3O/c26-22(16-19-10-6-13-23-19)25-15-7-14-24(17-18-8-2-1-3-9-18)20-11-4-5-12-21(20)25/h1-5,8-9,11-12,19,23H,6-7,10,13-17H2. The third kappa shape index (κ3) is 3.75. The minimum Gasteiger partial charge on any atom is -0.365 e. The summed E-state index contributed by atoms with van der Waals surface area (Å²) in [5, 5.41) is 3.45. The number of amides is 1. The zero-order valence-corrected chi connectivity index (χ0v) is 15.2. The molecule has 2 aromatic rings. The summed E-state index contributed by atoms with van der Waals surface area (Å²) in [4.78, 5) is 17.4. The molecule has 1 saturated heterocycles. The predicted molar refractivity (Wildman–Crippen MR) is 107 cm³/mol. The van der Waals surface area contributed by atoms with Crippen molar-refractivity contribution in [1.82, 2.24) is 5.32 Å². The first kappa shape index (κ1) is 17.1. The summed E-state index contributed by atoms with van der Waals surface area (Å²) in [7, 11) is 0. The molecule has 0 radical (unpaired) electrons. The highest BCUT2D eigenvalue weighted by Crippen LogP contribution is 2.33. The third-order valence-corrected chi connectivity index (χ3v) is 5.42. The lowest BCUT2D eigenvalue weighted by Gasteiger charge is -2.27. The minimum absolute atomic E-state index is 0.249. The van der Waals surface area contributed by atoms with Crippen molar-refractivity contribution < 1.29 is 4.79 Å². The first-order chi connectivity index (χ1) is 12.8. The van der Waals surface area contributed by atoms with E-state index < -0.39 is 0 Å². The SMILES string of the molecule is O=C(CC1CCCN1)N1CCCN(Cc2ccccc2)c2ccccc21. The van der Waals surface area contributed by atoms with Gasteiger partial charge in [0.2, 0.25) is 5.91 Å². The molecule has 26 heavy (non-hydrogen) atoms. The largest absolute Gasteiger partial charge is 0.365 e. The van der Waals surface area contributed by atoms with Gasteiger partial charge in [-0.25, -0.2) is 0 Å². The van der Waals surface area contributed by atoms with Crippen molar-refractivity contribution >= 4 is 17.3 Å². The van der Waals surface area contributed by atoms with Crippen LogP contribution in [0.1, 0.15) is 31.2 Å². The number of benzene rings is 2. The van der Waals surface area contributed by atoms with Crippen LogP contribution in [0, 0.1) is 0 Å². The molecule has 1 amide bonds. The number of carbonyl (C=O) groups is 1. The molecule has 136 valence electrons. The molecule has 4 heteroatoms. The van der Waals surface area contributed by atoms with E-state index in [0.717, 1.165) is 44.7 Å². The van der Waals surface area contributed by atoms with Crippen LogP contribution in [0.3, 0.4) is 0 Å². The second kappa shape index (κ2) is 7.92. The number of para-hydroxylation sites is 2. The normalized spacial score (nSPS) is 19.9. The van der Waals surface area contributed by atoms with Crippen LogP contribution in [0.25, 0.3) is 0 Å². The maximum absolute atomic E-state index is 13.0. The Bertz CT molecular complexity index is 740. The average Bonchev–Trinajstić information content (AvgIpc) is 3.11. The predicted octanol–water partition coefficient (Wildman–Crippen LogP) is 3.57. The van der Waals surface area contributed by atoms with Gasteiger partial charge in [-0.1, -0.05) is 42.5 Å². The number of hydrogen-bond acceptors (Lipinski definition) is 3. The Balaban J connectivity index is 1.57. The van der Waals surface area contributed by atoms with Gasteiger partial charge in [-0.3, -0.25) is 4.79 Å². The molecular formula is C22H27N3O. The summed E-state index contributed by atoms with van der Waals surface area (Å²) in [6.45, 7) is 3.69. The summed E-state index contributed by atoms with van der Waals surface area (Å²) in [5.74, 6) is 0.249. The van der Waals surface area contributed by atoms with Gasteiger partial charge in [-0.15, -0.1) is 0 Å². The second-order valence-electron chi connectivity index (χ2n) is 7.29. The lowest BCUT2D eigenvalue weighted by atomic mass is 10.1. The maximum atomic E-state index is 13.0. The molecule has 2 aliphatic rings. The molecule has 0 spiro atoms. The summed E-state index contributed by atoms with van der Waals surface area (Å²) >= 11 is 0. The average molecular weight is 349 g/mol. The van der Waals surface area contributed by atoms with E-state index in [1.54, 1.807) is 0 Å². The quantitative estimate of drug-likeness (QED) is 0.916. The molecule has 0 saturated carbocycles. The van der Waals surface area contributed by atoms with E-state index in [-0.39, 0.29) is 5.91 Å². The summed E-state index contributed by atoms with van der Waals surface area (Å²) in [6.07, 6.45) is 3.89. The first-order valence-electron chi connectivity index (χ1n) is 9.73. The third-order valence-electron chi connectivity index (χ3n) is 5.42.